The summed E-state index contributed by atoms with van der Waals surface area (Å²) in [6.07, 6.45) is 1.77. The highest BCUT2D eigenvalue weighted by atomic mass is 19.1. The van der Waals surface area contributed by atoms with E-state index in [0.717, 1.165) is 37.1 Å². The number of nitrogens with zero attached hydrogens (tertiary/aromatic N) is 2. The van der Waals surface area contributed by atoms with Crippen molar-refractivity contribution in [1.82, 2.24) is 0 Å². The van der Waals surface area contributed by atoms with Crippen molar-refractivity contribution < 1.29 is 4.39 Å². The van der Waals surface area contributed by atoms with Crippen molar-refractivity contribution in [1.29, 1.82) is 5.26 Å². The van der Waals surface area contributed by atoms with Gasteiger partial charge in [-0.3, -0.25) is 0 Å². The molecule has 1 heterocycles. The first-order chi connectivity index (χ1) is 8.24. The summed E-state index contributed by atoms with van der Waals surface area (Å²) in [6.45, 7) is 1.89. The van der Waals surface area contributed by atoms with Crippen LogP contribution in [0.25, 0.3) is 0 Å². The van der Waals surface area contributed by atoms with E-state index < -0.39 is 0 Å². The predicted octanol–water partition coefficient (Wildman–Crippen LogP) is 2.24. The van der Waals surface area contributed by atoms with Crippen LogP contribution in [0.4, 0.5) is 15.8 Å². The van der Waals surface area contributed by atoms with Crippen molar-refractivity contribution in [2.24, 2.45) is 0 Å². The number of anilines is 2. The zero-order valence-corrected chi connectivity index (χ0v) is 9.91. The summed E-state index contributed by atoms with van der Waals surface area (Å²) >= 11 is 0. The Bertz CT molecular complexity index is 436. The molecule has 1 aromatic rings. The van der Waals surface area contributed by atoms with E-state index in [0.29, 0.717) is 0 Å². The zero-order chi connectivity index (χ0) is 12.3. The van der Waals surface area contributed by atoms with Gasteiger partial charge in [0.05, 0.1) is 11.4 Å². The highest BCUT2D eigenvalue weighted by Gasteiger charge is 2.23. The van der Waals surface area contributed by atoms with Crippen LogP contribution in [-0.2, 0) is 0 Å². The maximum Gasteiger partial charge on any atom is 0.271 e. The molecule has 1 aliphatic heterocycles. The second kappa shape index (κ2) is 5.09. The van der Waals surface area contributed by atoms with Crippen LogP contribution in [-0.4, -0.2) is 26.8 Å². The Hall–Kier alpha value is -1.70. The molecular formula is C12H15BFN3. The van der Waals surface area contributed by atoms with Crippen LogP contribution in [0.3, 0.4) is 0 Å². The molecule has 0 saturated carbocycles. The van der Waals surface area contributed by atoms with Gasteiger partial charge in [0.1, 0.15) is 5.82 Å². The number of nitrogens with one attached hydrogen (secondary N) is 1. The lowest BCUT2D eigenvalue weighted by atomic mass is 9.45. The Morgan fingerprint density at radius 3 is 2.71 bits per heavy atom. The van der Waals surface area contributed by atoms with Gasteiger partial charge in [-0.25, -0.2) is 9.65 Å². The van der Waals surface area contributed by atoms with E-state index in [1.54, 1.807) is 13.1 Å². The van der Waals surface area contributed by atoms with Crippen molar-refractivity contribution in [2.75, 3.05) is 30.4 Å². The van der Waals surface area contributed by atoms with Gasteiger partial charge in [-0.15, -0.1) is 0 Å². The van der Waals surface area contributed by atoms with Crippen molar-refractivity contribution in [3.63, 3.8) is 0 Å². The van der Waals surface area contributed by atoms with Gasteiger partial charge < -0.3 is 10.2 Å². The summed E-state index contributed by atoms with van der Waals surface area (Å²) in [6, 6.07) is 4.78. The Labute approximate surface area is 101 Å². The highest BCUT2D eigenvalue weighted by Crippen LogP contribution is 2.29. The molecule has 0 spiro atoms. The Balaban J connectivity index is 2.16. The Morgan fingerprint density at radius 2 is 2.12 bits per heavy atom. The third kappa shape index (κ3) is 2.52. The van der Waals surface area contributed by atoms with Crippen LogP contribution in [0, 0.1) is 17.0 Å². The summed E-state index contributed by atoms with van der Waals surface area (Å²) in [5.41, 5.74) is 1.82. The van der Waals surface area contributed by atoms with Crippen LogP contribution in [0.1, 0.15) is 0 Å². The SMILES string of the molecule is CNc1cc(F)ccc1N1CCB(C#N)CC1. The van der Waals surface area contributed by atoms with Crippen LogP contribution < -0.4 is 10.2 Å². The fourth-order valence-electron chi connectivity index (χ4n) is 2.23. The number of hydrogen-bond donors (Lipinski definition) is 1. The third-order valence-corrected chi connectivity index (χ3v) is 3.25. The normalized spacial score (nSPS) is 15.6. The molecule has 1 aromatic carbocycles. The molecule has 3 nitrogen and oxygen atoms in total. The Kier molecular flexibility index (Phi) is 3.53. The maximum absolute atomic E-state index is 13.1. The molecule has 0 atom stereocenters. The molecular weight excluding hydrogens is 216 g/mol. The van der Waals surface area contributed by atoms with Gasteiger partial charge >= 0.3 is 0 Å². The molecule has 1 fully saturated rings. The van der Waals surface area contributed by atoms with Crippen LogP contribution >= 0.6 is 0 Å². The number of halogens is 1. The number of hydrogen-bond acceptors (Lipinski definition) is 3. The molecule has 5 heteroatoms. The summed E-state index contributed by atoms with van der Waals surface area (Å²) in [7, 11) is 1.79. The van der Waals surface area contributed by atoms with Crippen molar-refractivity contribution in [3.8, 4) is 5.97 Å². The van der Waals surface area contributed by atoms with Gasteiger partial charge in [0.2, 0.25) is 0 Å². The topological polar surface area (TPSA) is 39.1 Å². The van der Waals surface area contributed by atoms with Gasteiger partial charge in [0.15, 0.2) is 0 Å². The van der Waals surface area contributed by atoms with E-state index in [4.69, 9.17) is 5.26 Å². The number of rotatable bonds is 2. The second-order valence-corrected chi connectivity index (χ2v) is 4.30. The minimum Gasteiger partial charge on any atom is -0.386 e. The van der Waals surface area contributed by atoms with E-state index in [1.165, 1.54) is 12.1 Å². The molecule has 0 radical (unpaired) electrons. The van der Waals surface area contributed by atoms with Crippen molar-refractivity contribution in [2.45, 2.75) is 12.6 Å². The molecule has 0 unspecified atom stereocenters. The van der Waals surface area contributed by atoms with E-state index in [-0.39, 0.29) is 12.5 Å². The third-order valence-electron chi connectivity index (χ3n) is 3.25. The lowest BCUT2D eigenvalue weighted by molar-refractivity contribution is 0.628. The monoisotopic (exact) mass is 231 g/mol. The zero-order valence-electron chi connectivity index (χ0n) is 9.91. The summed E-state index contributed by atoms with van der Waals surface area (Å²) in [4.78, 5) is 2.21. The molecule has 0 aliphatic carbocycles. The maximum atomic E-state index is 13.1. The fraction of sp³-hybridized carbons (Fsp3) is 0.417. The minimum atomic E-state index is -0.231. The lowest BCUT2D eigenvalue weighted by Gasteiger charge is -2.31. The molecule has 0 amide bonds. The smallest absolute Gasteiger partial charge is 0.271 e. The van der Waals surface area contributed by atoms with Crippen LogP contribution in [0.5, 0.6) is 0 Å². The lowest BCUT2D eigenvalue weighted by Crippen LogP contribution is -2.36. The average molecular weight is 231 g/mol. The largest absolute Gasteiger partial charge is 0.386 e. The molecule has 2 rings (SSSR count). The first-order valence-electron chi connectivity index (χ1n) is 5.86. The van der Waals surface area contributed by atoms with Gasteiger partial charge in [0.25, 0.3) is 6.71 Å². The predicted molar refractivity (Wildman–Crippen MR) is 69.1 cm³/mol. The molecule has 88 valence electrons. The number of nitriles is 1. The second-order valence-electron chi connectivity index (χ2n) is 4.30. The molecule has 1 saturated heterocycles. The van der Waals surface area contributed by atoms with Gasteiger partial charge in [0, 0.05) is 26.1 Å². The molecule has 0 aromatic heterocycles. The summed E-state index contributed by atoms with van der Waals surface area (Å²) < 4.78 is 13.1. The van der Waals surface area contributed by atoms with Crippen LogP contribution in [0.2, 0.25) is 12.6 Å². The summed E-state index contributed by atoms with van der Waals surface area (Å²) in [5.74, 6) is 2.08. The summed E-state index contributed by atoms with van der Waals surface area (Å²) in [5, 5.41) is 11.9. The number of benzene rings is 1. The standard InChI is InChI=1S/C12H15BFN3/c1-16-11-8-10(14)2-3-12(11)17-6-4-13(9-15)5-7-17/h2-3,8,16H,4-7H2,1H3. The fourth-order valence-corrected chi connectivity index (χ4v) is 2.23. The van der Waals surface area contributed by atoms with E-state index in [9.17, 15) is 4.39 Å². The molecule has 1 aliphatic rings. The van der Waals surface area contributed by atoms with Gasteiger partial charge in [-0.2, -0.15) is 0 Å². The van der Waals surface area contributed by atoms with Crippen molar-refractivity contribution in [3.05, 3.63) is 24.0 Å². The molecule has 0 bridgehead atoms. The van der Waals surface area contributed by atoms with Crippen LogP contribution in [0.15, 0.2) is 18.2 Å². The first-order valence-corrected chi connectivity index (χ1v) is 5.86. The Morgan fingerprint density at radius 1 is 1.41 bits per heavy atom. The van der Waals surface area contributed by atoms with E-state index in [1.807, 2.05) is 0 Å². The first kappa shape index (κ1) is 11.8. The minimum absolute atomic E-state index is 0.171. The van der Waals surface area contributed by atoms with E-state index >= 15 is 0 Å². The highest BCUT2D eigenvalue weighted by molar-refractivity contribution is 6.67. The molecule has 1 N–H and O–H groups in total. The molecule has 17 heavy (non-hydrogen) atoms. The quantitative estimate of drug-likeness (QED) is 0.793. The van der Waals surface area contributed by atoms with Gasteiger partial charge in [-0.1, -0.05) is 0 Å². The van der Waals surface area contributed by atoms with E-state index in [2.05, 4.69) is 16.2 Å². The van der Waals surface area contributed by atoms with Crippen molar-refractivity contribution >= 4 is 18.1 Å². The average Bonchev–Trinajstić information content (AvgIpc) is 2.39. The van der Waals surface area contributed by atoms with Gasteiger partial charge in [-0.05, 0) is 30.8 Å².